The lowest BCUT2D eigenvalue weighted by Gasteiger charge is -2.08. The fraction of sp³-hybridized carbons (Fsp3) is 0.0500. The van der Waals surface area contributed by atoms with Crippen LogP contribution in [0.25, 0.3) is 10.8 Å². The van der Waals surface area contributed by atoms with Gasteiger partial charge in [-0.2, -0.15) is 0 Å². The Morgan fingerprint density at radius 2 is 1.78 bits per heavy atom. The van der Waals surface area contributed by atoms with Crippen LogP contribution in [0.2, 0.25) is 0 Å². The van der Waals surface area contributed by atoms with E-state index in [1.807, 2.05) is 42.5 Å². The van der Waals surface area contributed by atoms with E-state index in [0.717, 1.165) is 10.8 Å². The van der Waals surface area contributed by atoms with Crippen LogP contribution in [0.3, 0.4) is 0 Å². The third-order valence-electron chi connectivity index (χ3n) is 3.84. The van der Waals surface area contributed by atoms with E-state index in [1.54, 1.807) is 24.3 Å². The molecule has 0 unspecified atom stereocenters. The van der Waals surface area contributed by atoms with Gasteiger partial charge in [-0.3, -0.25) is 9.59 Å². The summed E-state index contributed by atoms with van der Waals surface area (Å²) in [5, 5.41) is 7.50. The van der Waals surface area contributed by atoms with Crippen LogP contribution in [0.15, 0.2) is 71.7 Å². The molecule has 0 heterocycles. The number of benzene rings is 3. The van der Waals surface area contributed by atoms with Gasteiger partial charge in [0, 0.05) is 11.3 Å². The quantitative estimate of drug-likeness (QED) is 0.234. The zero-order valence-electron chi connectivity index (χ0n) is 14.5. The lowest BCUT2D eigenvalue weighted by molar-refractivity contribution is -0.115. The average Bonchev–Trinajstić information content (AvgIpc) is 2.70. The smallest absolute Gasteiger partial charge is 0.251 e. The standard InChI is InChI=1S/C20H19N5O2/c21-24-13-23-17-7-3-6-16(11-17)20(27)22-12-19(26)25-18-9-8-14-4-1-2-5-15(14)10-18/h1-11,13H,12,21H2,(H,22,27)(H,23,24)(H,25,26). The van der Waals surface area contributed by atoms with Gasteiger partial charge in [-0.25, -0.2) is 10.8 Å². The molecule has 0 saturated heterocycles. The van der Waals surface area contributed by atoms with Gasteiger partial charge in [-0.05, 0) is 41.1 Å². The number of fused-ring (bicyclic) bond motifs is 1. The molecule has 7 nitrogen and oxygen atoms in total. The van der Waals surface area contributed by atoms with Crippen molar-refractivity contribution in [3.63, 3.8) is 0 Å². The predicted octanol–water partition coefficient (Wildman–Crippen LogP) is 2.33. The summed E-state index contributed by atoms with van der Waals surface area (Å²) < 4.78 is 0. The van der Waals surface area contributed by atoms with E-state index >= 15 is 0 Å². The van der Waals surface area contributed by atoms with Gasteiger partial charge in [0.05, 0.1) is 12.2 Å². The van der Waals surface area contributed by atoms with E-state index in [2.05, 4.69) is 21.1 Å². The minimum Gasteiger partial charge on any atom is -0.343 e. The maximum atomic E-state index is 12.2. The highest BCUT2D eigenvalue weighted by Crippen LogP contribution is 2.18. The van der Waals surface area contributed by atoms with Crippen molar-refractivity contribution in [3.05, 3.63) is 72.3 Å². The molecule has 136 valence electrons. The number of carbonyl (C=O) groups is 2. The van der Waals surface area contributed by atoms with Gasteiger partial charge in [0.2, 0.25) is 5.91 Å². The summed E-state index contributed by atoms with van der Waals surface area (Å²) in [6, 6.07) is 20.2. The molecule has 0 atom stereocenters. The van der Waals surface area contributed by atoms with E-state index in [-0.39, 0.29) is 18.4 Å². The van der Waals surface area contributed by atoms with Gasteiger partial charge in [0.25, 0.3) is 5.91 Å². The highest BCUT2D eigenvalue weighted by Gasteiger charge is 2.09. The number of nitrogens with one attached hydrogen (secondary N) is 3. The summed E-state index contributed by atoms with van der Waals surface area (Å²) in [6.45, 7) is -0.135. The second-order valence-corrected chi connectivity index (χ2v) is 5.77. The molecule has 27 heavy (non-hydrogen) atoms. The Morgan fingerprint density at radius 1 is 0.963 bits per heavy atom. The van der Waals surface area contributed by atoms with Crippen molar-refractivity contribution in [1.82, 2.24) is 10.7 Å². The number of amides is 2. The van der Waals surface area contributed by atoms with Gasteiger partial charge >= 0.3 is 0 Å². The van der Waals surface area contributed by atoms with Crippen LogP contribution >= 0.6 is 0 Å². The molecule has 2 amide bonds. The lowest BCUT2D eigenvalue weighted by Crippen LogP contribution is -2.32. The highest BCUT2D eigenvalue weighted by atomic mass is 16.2. The molecule has 0 aliphatic rings. The largest absolute Gasteiger partial charge is 0.343 e. The van der Waals surface area contributed by atoms with Crippen molar-refractivity contribution in [3.8, 4) is 0 Å². The van der Waals surface area contributed by atoms with Crippen LogP contribution in [0.5, 0.6) is 0 Å². The van der Waals surface area contributed by atoms with Crippen LogP contribution in [0, 0.1) is 0 Å². The Bertz CT molecular complexity index is 1000. The summed E-state index contributed by atoms with van der Waals surface area (Å²) >= 11 is 0. The van der Waals surface area contributed by atoms with Crippen molar-refractivity contribution in [2.24, 2.45) is 10.8 Å². The van der Waals surface area contributed by atoms with Crippen LogP contribution in [0.4, 0.5) is 11.4 Å². The molecule has 3 rings (SSSR count). The van der Waals surface area contributed by atoms with Crippen LogP contribution in [0.1, 0.15) is 10.4 Å². The van der Waals surface area contributed by atoms with E-state index in [0.29, 0.717) is 16.9 Å². The van der Waals surface area contributed by atoms with E-state index < -0.39 is 0 Å². The molecule has 5 N–H and O–H groups in total. The van der Waals surface area contributed by atoms with Crippen molar-refractivity contribution in [2.45, 2.75) is 0 Å². The molecule has 0 aliphatic heterocycles. The summed E-state index contributed by atoms with van der Waals surface area (Å²) in [5.41, 5.74) is 3.95. The second-order valence-electron chi connectivity index (χ2n) is 5.77. The molecule has 0 bridgehead atoms. The van der Waals surface area contributed by atoms with Gasteiger partial charge in [0.1, 0.15) is 6.34 Å². The lowest BCUT2D eigenvalue weighted by atomic mass is 10.1. The van der Waals surface area contributed by atoms with Gasteiger partial charge < -0.3 is 16.1 Å². The van der Waals surface area contributed by atoms with Crippen LogP contribution < -0.4 is 21.9 Å². The zero-order chi connectivity index (χ0) is 19.1. The first-order valence-corrected chi connectivity index (χ1v) is 8.31. The minimum absolute atomic E-state index is 0.135. The maximum Gasteiger partial charge on any atom is 0.251 e. The Morgan fingerprint density at radius 3 is 2.59 bits per heavy atom. The number of hydrazine groups is 1. The molecular weight excluding hydrogens is 342 g/mol. The molecule has 0 radical (unpaired) electrons. The van der Waals surface area contributed by atoms with E-state index in [4.69, 9.17) is 5.84 Å². The molecule has 0 spiro atoms. The Balaban J connectivity index is 1.58. The number of nitrogens with two attached hydrogens (primary N) is 1. The van der Waals surface area contributed by atoms with Gasteiger partial charge in [-0.15, -0.1) is 0 Å². The first-order valence-electron chi connectivity index (χ1n) is 8.31. The number of carbonyl (C=O) groups excluding carboxylic acids is 2. The SMILES string of the molecule is NNC=Nc1cccc(C(=O)NCC(=O)Nc2ccc3ccccc3c2)c1. The molecule has 0 aromatic heterocycles. The monoisotopic (exact) mass is 361 g/mol. The molecule has 0 fully saturated rings. The average molecular weight is 361 g/mol. The predicted molar refractivity (Wildman–Crippen MR) is 107 cm³/mol. The minimum atomic E-state index is -0.360. The van der Waals surface area contributed by atoms with E-state index in [1.165, 1.54) is 6.34 Å². The van der Waals surface area contributed by atoms with Gasteiger partial charge in [-0.1, -0.05) is 36.4 Å². The topological polar surface area (TPSA) is 109 Å². The maximum absolute atomic E-state index is 12.2. The molecule has 0 saturated carbocycles. The second kappa shape index (κ2) is 8.59. The van der Waals surface area contributed by atoms with Crippen molar-refractivity contribution in [2.75, 3.05) is 11.9 Å². The third kappa shape index (κ3) is 4.90. The van der Waals surface area contributed by atoms with Crippen LogP contribution in [-0.2, 0) is 4.79 Å². The summed E-state index contributed by atoms with van der Waals surface area (Å²) in [4.78, 5) is 28.4. The summed E-state index contributed by atoms with van der Waals surface area (Å²) in [6.07, 6.45) is 1.31. The third-order valence-corrected chi connectivity index (χ3v) is 3.84. The number of hydrogen-bond acceptors (Lipinski definition) is 4. The summed E-state index contributed by atoms with van der Waals surface area (Å²) in [5.74, 6) is 4.46. The van der Waals surface area contributed by atoms with Crippen molar-refractivity contribution >= 4 is 40.3 Å². The highest BCUT2D eigenvalue weighted by molar-refractivity contribution is 6.00. The first-order chi connectivity index (χ1) is 13.2. The molecular formula is C20H19N5O2. The normalized spacial score (nSPS) is 10.7. The van der Waals surface area contributed by atoms with Crippen molar-refractivity contribution < 1.29 is 9.59 Å². The Labute approximate surface area is 156 Å². The molecule has 7 heteroatoms. The number of nitrogens with zero attached hydrogens (tertiary/aromatic N) is 1. The number of anilines is 1. The molecule has 3 aromatic carbocycles. The number of aliphatic imine (C=N–C) groups is 1. The van der Waals surface area contributed by atoms with Gasteiger partial charge in [0.15, 0.2) is 0 Å². The molecule has 3 aromatic rings. The van der Waals surface area contributed by atoms with Crippen molar-refractivity contribution in [1.29, 1.82) is 0 Å². The summed E-state index contributed by atoms with van der Waals surface area (Å²) in [7, 11) is 0. The van der Waals surface area contributed by atoms with E-state index in [9.17, 15) is 9.59 Å². The number of hydrogen-bond donors (Lipinski definition) is 4. The Kier molecular flexibility index (Phi) is 5.76. The zero-order valence-corrected chi connectivity index (χ0v) is 14.5. The fourth-order valence-electron chi connectivity index (χ4n) is 2.57. The molecule has 0 aliphatic carbocycles. The first kappa shape index (κ1) is 18.1. The van der Waals surface area contributed by atoms with Crippen LogP contribution in [-0.4, -0.2) is 24.7 Å². The fourth-order valence-corrected chi connectivity index (χ4v) is 2.57. The number of rotatable bonds is 6. The Hall–Kier alpha value is -3.71.